The Hall–Kier alpha value is -2.37. The molecule has 6 heteroatoms. The van der Waals surface area contributed by atoms with Crippen LogP contribution in [0.2, 0.25) is 0 Å². The highest BCUT2D eigenvalue weighted by Crippen LogP contribution is 2.36. The second-order valence-electron chi connectivity index (χ2n) is 6.19. The van der Waals surface area contributed by atoms with Crippen molar-refractivity contribution in [2.45, 2.75) is 25.2 Å². The summed E-state index contributed by atoms with van der Waals surface area (Å²) < 4.78 is 11.2. The second-order valence-corrected chi connectivity index (χ2v) is 6.19. The molecule has 1 saturated heterocycles. The van der Waals surface area contributed by atoms with Crippen LogP contribution in [0.5, 0.6) is 5.75 Å². The number of hydrogen-bond donors (Lipinski definition) is 0. The second kappa shape index (κ2) is 5.68. The van der Waals surface area contributed by atoms with Crippen LogP contribution >= 0.6 is 0 Å². The van der Waals surface area contributed by atoms with Gasteiger partial charge in [-0.15, -0.1) is 10.2 Å². The highest BCUT2D eigenvalue weighted by atomic mass is 16.5. The van der Waals surface area contributed by atoms with Gasteiger partial charge in [0.15, 0.2) is 0 Å². The number of para-hydroxylation sites is 1. The molecule has 2 aliphatic rings. The van der Waals surface area contributed by atoms with Gasteiger partial charge in [-0.1, -0.05) is 12.1 Å². The van der Waals surface area contributed by atoms with E-state index < -0.39 is 0 Å². The maximum Gasteiger partial charge on any atom is 0.251 e. The maximum absolute atomic E-state index is 12.1. The molecule has 0 N–H and O–H groups in total. The van der Waals surface area contributed by atoms with E-state index in [9.17, 15) is 4.79 Å². The summed E-state index contributed by atoms with van der Waals surface area (Å²) >= 11 is 0. The van der Waals surface area contributed by atoms with Gasteiger partial charge in [0.05, 0.1) is 18.6 Å². The summed E-state index contributed by atoms with van der Waals surface area (Å²) in [5, 5.41) is 8.35. The predicted octanol–water partition coefficient (Wildman–Crippen LogP) is 2.47. The molecular weight excluding hydrogens is 294 g/mol. The normalized spacial score (nSPS) is 20.7. The minimum atomic E-state index is 0.133. The third-order valence-electron chi connectivity index (χ3n) is 4.55. The van der Waals surface area contributed by atoms with E-state index in [0.717, 1.165) is 31.4 Å². The smallest absolute Gasteiger partial charge is 0.251 e. The van der Waals surface area contributed by atoms with Crippen molar-refractivity contribution in [2.24, 2.45) is 5.92 Å². The van der Waals surface area contributed by atoms with E-state index >= 15 is 0 Å². The lowest BCUT2D eigenvalue weighted by Crippen LogP contribution is -2.29. The zero-order valence-corrected chi connectivity index (χ0v) is 13.1. The molecule has 120 valence electrons. The number of methoxy groups -OCH3 is 1. The first-order chi connectivity index (χ1) is 11.3. The third kappa shape index (κ3) is 2.69. The van der Waals surface area contributed by atoms with Gasteiger partial charge >= 0.3 is 0 Å². The fourth-order valence-electron chi connectivity index (χ4n) is 3.08. The standard InChI is InChI=1S/C17H19N3O3/c1-22-14-5-3-2-4-13(14)16-19-18-15(23-16)12-8-9-20(10-12)17(21)11-6-7-11/h2-5,11-12H,6-10H2,1H3/t12-/m0/s1. The van der Waals surface area contributed by atoms with Gasteiger partial charge in [0, 0.05) is 19.0 Å². The summed E-state index contributed by atoms with van der Waals surface area (Å²) in [4.78, 5) is 14.1. The molecular formula is C17H19N3O3. The molecule has 23 heavy (non-hydrogen) atoms. The molecule has 1 amide bonds. The molecule has 2 fully saturated rings. The summed E-state index contributed by atoms with van der Waals surface area (Å²) in [5.74, 6) is 2.47. The number of aromatic nitrogens is 2. The minimum Gasteiger partial charge on any atom is -0.496 e. The number of carbonyl (C=O) groups is 1. The number of rotatable bonds is 4. The van der Waals surface area contributed by atoms with Crippen LogP contribution in [0, 0.1) is 5.92 Å². The quantitative estimate of drug-likeness (QED) is 0.867. The van der Waals surface area contributed by atoms with Gasteiger partial charge in [-0.3, -0.25) is 4.79 Å². The van der Waals surface area contributed by atoms with Crippen LogP contribution in [0.1, 0.15) is 31.1 Å². The summed E-state index contributed by atoms with van der Waals surface area (Å²) in [6, 6.07) is 7.57. The molecule has 1 aromatic carbocycles. The number of carbonyl (C=O) groups excluding carboxylic acids is 1. The Morgan fingerprint density at radius 1 is 1.26 bits per heavy atom. The summed E-state index contributed by atoms with van der Waals surface area (Å²) in [5.41, 5.74) is 0.789. The van der Waals surface area contributed by atoms with E-state index in [2.05, 4.69) is 10.2 Å². The molecule has 4 rings (SSSR count). The van der Waals surface area contributed by atoms with Crippen LogP contribution in [-0.4, -0.2) is 41.2 Å². The molecule has 0 radical (unpaired) electrons. The van der Waals surface area contributed by atoms with Gasteiger partial charge in [-0.05, 0) is 31.4 Å². The Labute approximate surface area is 134 Å². The summed E-state index contributed by atoms with van der Waals surface area (Å²) in [6.45, 7) is 1.47. The van der Waals surface area contributed by atoms with Gasteiger partial charge in [-0.25, -0.2) is 0 Å². The van der Waals surface area contributed by atoms with Crippen molar-refractivity contribution < 1.29 is 13.9 Å². The Kier molecular flexibility index (Phi) is 3.52. The van der Waals surface area contributed by atoms with Crippen LogP contribution < -0.4 is 4.74 Å². The fourth-order valence-corrected chi connectivity index (χ4v) is 3.08. The summed E-state index contributed by atoms with van der Waals surface area (Å²) in [6.07, 6.45) is 2.96. The van der Waals surface area contributed by atoms with Crippen LogP contribution in [0.25, 0.3) is 11.5 Å². The molecule has 6 nitrogen and oxygen atoms in total. The fraction of sp³-hybridized carbons (Fsp3) is 0.471. The zero-order valence-electron chi connectivity index (χ0n) is 13.1. The highest BCUT2D eigenvalue weighted by Gasteiger charge is 2.38. The van der Waals surface area contributed by atoms with Crippen LogP contribution in [0.15, 0.2) is 28.7 Å². The van der Waals surface area contributed by atoms with Crippen LogP contribution in [-0.2, 0) is 4.79 Å². The van der Waals surface area contributed by atoms with Gasteiger partial charge in [0.25, 0.3) is 5.89 Å². The van der Waals surface area contributed by atoms with E-state index in [0.29, 0.717) is 24.1 Å². The Bertz CT molecular complexity index is 723. The SMILES string of the molecule is COc1ccccc1-c1nnc([C@H]2CCN(C(=O)C3CC3)C2)o1. The monoisotopic (exact) mass is 313 g/mol. The van der Waals surface area contributed by atoms with Crippen molar-refractivity contribution in [1.29, 1.82) is 0 Å². The minimum absolute atomic E-state index is 0.133. The first-order valence-electron chi connectivity index (χ1n) is 8.02. The molecule has 1 saturated carbocycles. The number of nitrogens with zero attached hydrogens (tertiary/aromatic N) is 3. The van der Waals surface area contributed by atoms with Crippen molar-refractivity contribution >= 4 is 5.91 Å². The van der Waals surface area contributed by atoms with Crippen molar-refractivity contribution in [2.75, 3.05) is 20.2 Å². The van der Waals surface area contributed by atoms with Crippen LogP contribution in [0.3, 0.4) is 0 Å². The lowest BCUT2D eigenvalue weighted by Gasteiger charge is -2.14. The summed E-state index contributed by atoms with van der Waals surface area (Å²) in [7, 11) is 1.62. The number of ether oxygens (including phenoxy) is 1. The number of amides is 1. The van der Waals surface area contributed by atoms with E-state index in [1.54, 1.807) is 7.11 Å². The number of hydrogen-bond acceptors (Lipinski definition) is 5. The molecule has 2 aromatic rings. The molecule has 0 unspecified atom stereocenters. The van der Waals surface area contributed by atoms with Crippen molar-refractivity contribution in [3.63, 3.8) is 0 Å². The van der Waals surface area contributed by atoms with E-state index in [4.69, 9.17) is 9.15 Å². The zero-order chi connectivity index (χ0) is 15.8. The molecule has 1 atom stereocenters. The van der Waals surface area contributed by atoms with Crippen molar-refractivity contribution in [3.8, 4) is 17.2 Å². The molecule has 1 aliphatic heterocycles. The topological polar surface area (TPSA) is 68.5 Å². The molecule has 0 spiro atoms. The number of likely N-dealkylation sites (tertiary alicyclic amines) is 1. The third-order valence-corrected chi connectivity index (χ3v) is 4.55. The largest absolute Gasteiger partial charge is 0.496 e. The average molecular weight is 313 g/mol. The van der Waals surface area contributed by atoms with Crippen molar-refractivity contribution in [3.05, 3.63) is 30.2 Å². The molecule has 1 aromatic heterocycles. The van der Waals surface area contributed by atoms with E-state index in [1.807, 2.05) is 29.2 Å². The first-order valence-corrected chi connectivity index (χ1v) is 8.02. The maximum atomic E-state index is 12.1. The number of benzene rings is 1. The molecule has 0 bridgehead atoms. The molecule has 2 heterocycles. The van der Waals surface area contributed by atoms with Gasteiger partial charge in [0.2, 0.25) is 11.8 Å². The Balaban J connectivity index is 1.51. The lowest BCUT2D eigenvalue weighted by molar-refractivity contribution is -0.131. The first kappa shape index (κ1) is 14.2. The van der Waals surface area contributed by atoms with Gasteiger partial charge in [-0.2, -0.15) is 0 Å². The highest BCUT2D eigenvalue weighted by molar-refractivity contribution is 5.81. The van der Waals surface area contributed by atoms with E-state index in [-0.39, 0.29) is 17.7 Å². The van der Waals surface area contributed by atoms with E-state index in [1.165, 1.54) is 0 Å². The Morgan fingerprint density at radius 2 is 2.09 bits per heavy atom. The molecule has 1 aliphatic carbocycles. The van der Waals surface area contributed by atoms with Crippen LogP contribution in [0.4, 0.5) is 0 Å². The average Bonchev–Trinajstić information content (AvgIpc) is 3.12. The predicted molar refractivity (Wildman–Crippen MR) is 82.9 cm³/mol. The lowest BCUT2D eigenvalue weighted by atomic mass is 10.1. The van der Waals surface area contributed by atoms with Gasteiger partial charge < -0.3 is 14.1 Å². The van der Waals surface area contributed by atoms with Gasteiger partial charge in [0.1, 0.15) is 5.75 Å². The Morgan fingerprint density at radius 3 is 2.87 bits per heavy atom. The van der Waals surface area contributed by atoms with Crippen molar-refractivity contribution in [1.82, 2.24) is 15.1 Å².